The maximum Gasteiger partial charge on any atom is 0.417 e. The van der Waals surface area contributed by atoms with Gasteiger partial charge in [0, 0.05) is 12.1 Å². The molecule has 0 radical (unpaired) electrons. The first-order valence-corrected chi connectivity index (χ1v) is 9.80. The Morgan fingerprint density at radius 1 is 0.812 bits per heavy atom. The molecule has 0 atom stereocenters. The molecule has 3 rings (SSSR count). The summed E-state index contributed by atoms with van der Waals surface area (Å²) in [6.07, 6.45) is -4.61. The van der Waals surface area contributed by atoms with Crippen LogP contribution in [-0.2, 0) is 0 Å². The van der Waals surface area contributed by atoms with E-state index in [0.717, 1.165) is 6.54 Å². The number of allylic oxidation sites excluding steroid dienone is 1. The molecule has 3 aromatic rings. The van der Waals surface area contributed by atoms with E-state index in [4.69, 9.17) is 4.74 Å². The van der Waals surface area contributed by atoms with Crippen molar-refractivity contribution in [3.05, 3.63) is 95.6 Å². The number of alkyl halides is 3. The first kappa shape index (κ1) is 25.3. The lowest BCUT2D eigenvalue weighted by Crippen LogP contribution is -2.19. The molecule has 0 unspecified atom stereocenters. The van der Waals surface area contributed by atoms with Gasteiger partial charge in [0.15, 0.2) is 0 Å². The maximum atomic E-state index is 14.3. The molecular weight excluding hydrogens is 439 g/mol. The molecule has 32 heavy (non-hydrogen) atoms. The summed E-state index contributed by atoms with van der Waals surface area (Å²) in [6, 6.07) is 20.2. The zero-order valence-electron chi connectivity index (χ0n) is 17.8. The van der Waals surface area contributed by atoms with Gasteiger partial charge >= 0.3 is 6.18 Å². The number of likely N-dealkylation sites (N-methyl/N-ethyl adjacent to an activating group) is 1. The van der Waals surface area contributed by atoms with E-state index in [1.54, 1.807) is 54.6 Å². The molecule has 0 fully saturated rings. The van der Waals surface area contributed by atoms with Crippen molar-refractivity contribution in [3.8, 4) is 11.5 Å². The second-order valence-electron chi connectivity index (χ2n) is 7.34. The average molecular weight is 464 g/mol. The van der Waals surface area contributed by atoms with Gasteiger partial charge in [0.05, 0.1) is 5.57 Å². The van der Waals surface area contributed by atoms with Crippen LogP contribution in [0.2, 0.25) is 0 Å². The Morgan fingerprint density at radius 3 is 1.88 bits per heavy atom. The molecule has 170 valence electrons. The van der Waals surface area contributed by atoms with E-state index in [2.05, 4.69) is 0 Å². The first-order valence-electron chi connectivity index (χ1n) is 9.80. The molecule has 0 saturated carbocycles. The van der Waals surface area contributed by atoms with Crippen LogP contribution >= 0.6 is 12.4 Å². The molecule has 0 aliphatic heterocycles. The van der Waals surface area contributed by atoms with Crippen molar-refractivity contribution in [1.82, 2.24) is 4.90 Å². The molecule has 0 saturated heterocycles. The van der Waals surface area contributed by atoms with Gasteiger partial charge in [-0.05, 0) is 55.1 Å². The van der Waals surface area contributed by atoms with Crippen molar-refractivity contribution in [3.63, 3.8) is 0 Å². The zero-order valence-corrected chi connectivity index (χ0v) is 18.6. The number of benzene rings is 3. The van der Waals surface area contributed by atoms with Crippen molar-refractivity contribution in [1.29, 1.82) is 0 Å². The van der Waals surface area contributed by atoms with Crippen LogP contribution in [0, 0.1) is 0 Å². The molecule has 0 aliphatic rings. The Bertz CT molecular complexity index is 1020. The highest BCUT2D eigenvalue weighted by Gasteiger charge is 2.38. The van der Waals surface area contributed by atoms with Crippen molar-refractivity contribution in [2.45, 2.75) is 6.18 Å². The van der Waals surface area contributed by atoms with Crippen molar-refractivity contribution >= 4 is 23.6 Å². The SMILES string of the molecule is CN(C)CCOc1ccc(/C(=C(/c2ccc(O)cc2)C(F)(F)F)c2ccccc2)cc1.Cl. The van der Waals surface area contributed by atoms with Gasteiger partial charge in [-0.25, -0.2) is 0 Å². The lowest BCUT2D eigenvalue weighted by molar-refractivity contribution is -0.0685. The van der Waals surface area contributed by atoms with E-state index in [0.29, 0.717) is 23.5 Å². The van der Waals surface area contributed by atoms with E-state index in [9.17, 15) is 18.3 Å². The highest BCUT2D eigenvalue weighted by Crippen LogP contribution is 2.43. The largest absolute Gasteiger partial charge is 0.508 e. The first-order chi connectivity index (χ1) is 14.8. The predicted octanol–water partition coefficient (Wildman–Crippen LogP) is 6.28. The van der Waals surface area contributed by atoms with Crippen LogP contribution in [0.4, 0.5) is 13.2 Å². The molecule has 7 heteroatoms. The summed E-state index contributed by atoms with van der Waals surface area (Å²) < 4.78 is 48.6. The Morgan fingerprint density at radius 2 is 1.34 bits per heavy atom. The number of hydrogen-bond donors (Lipinski definition) is 1. The van der Waals surface area contributed by atoms with Crippen LogP contribution in [0.15, 0.2) is 78.9 Å². The third kappa shape index (κ3) is 6.52. The summed E-state index contributed by atoms with van der Waals surface area (Å²) in [5.41, 5.74) is 0.157. The summed E-state index contributed by atoms with van der Waals surface area (Å²) in [5.74, 6) is 0.502. The van der Waals surface area contributed by atoms with Gasteiger partial charge in [-0.3, -0.25) is 0 Å². The quantitative estimate of drug-likeness (QED) is 0.419. The number of ether oxygens (including phenoxy) is 1. The second-order valence-corrected chi connectivity index (χ2v) is 7.34. The summed E-state index contributed by atoms with van der Waals surface area (Å²) in [6.45, 7) is 1.21. The highest BCUT2D eigenvalue weighted by molar-refractivity contribution is 6.00. The van der Waals surface area contributed by atoms with E-state index in [1.807, 2.05) is 19.0 Å². The minimum Gasteiger partial charge on any atom is -0.508 e. The third-order valence-corrected chi connectivity index (χ3v) is 4.70. The number of hydrogen-bond acceptors (Lipinski definition) is 3. The van der Waals surface area contributed by atoms with Crippen molar-refractivity contribution in [2.24, 2.45) is 0 Å². The predicted molar refractivity (Wildman–Crippen MR) is 124 cm³/mol. The normalized spacial score (nSPS) is 12.2. The van der Waals surface area contributed by atoms with Crippen LogP contribution < -0.4 is 4.74 Å². The fraction of sp³-hybridized carbons (Fsp3) is 0.200. The van der Waals surface area contributed by atoms with Crippen LogP contribution in [0.5, 0.6) is 11.5 Å². The number of phenolic OH excluding ortho intramolecular Hbond substituents is 1. The van der Waals surface area contributed by atoms with Gasteiger partial charge in [-0.15, -0.1) is 12.4 Å². The summed E-state index contributed by atoms with van der Waals surface area (Å²) in [5, 5.41) is 9.54. The lowest BCUT2D eigenvalue weighted by atomic mass is 9.89. The van der Waals surface area contributed by atoms with Crippen LogP contribution in [0.25, 0.3) is 11.1 Å². The third-order valence-electron chi connectivity index (χ3n) is 4.70. The van der Waals surface area contributed by atoms with Crippen LogP contribution in [0.1, 0.15) is 16.7 Å². The van der Waals surface area contributed by atoms with Crippen LogP contribution in [-0.4, -0.2) is 43.4 Å². The standard InChI is InChI=1S/C25H24F3NO2.ClH/c1-29(2)16-17-31-22-14-10-19(11-15-22)23(18-6-4-3-5-7-18)24(25(26,27)28)20-8-12-21(30)13-9-20;/h3-15,30H,16-17H2,1-2H3;1H/b24-23-;. The number of aromatic hydroxyl groups is 1. The van der Waals surface area contributed by atoms with Gasteiger partial charge < -0.3 is 14.7 Å². The Hall–Kier alpha value is -2.96. The highest BCUT2D eigenvalue weighted by atomic mass is 35.5. The minimum absolute atomic E-state index is 0. The average Bonchev–Trinajstić information content (AvgIpc) is 2.73. The van der Waals surface area contributed by atoms with Crippen LogP contribution in [0.3, 0.4) is 0 Å². The Balaban J connectivity index is 0.00000363. The van der Waals surface area contributed by atoms with E-state index in [1.165, 1.54) is 24.3 Å². The van der Waals surface area contributed by atoms with E-state index in [-0.39, 0.29) is 29.3 Å². The molecular formula is C25H25ClF3NO2. The Labute approximate surface area is 192 Å². The molecule has 0 amide bonds. The molecule has 0 heterocycles. The van der Waals surface area contributed by atoms with Gasteiger partial charge in [-0.2, -0.15) is 13.2 Å². The summed E-state index contributed by atoms with van der Waals surface area (Å²) >= 11 is 0. The lowest BCUT2D eigenvalue weighted by Gasteiger charge is -2.20. The molecule has 1 N–H and O–H groups in total. The number of halogens is 4. The molecule has 0 bridgehead atoms. The molecule has 3 aromatic carbocycles. The number of nitrogens with zero attached hydrogens (tertiary/aromatic N) is 1. The topological polar surface area (TPSA) is 32.7 Å². The minimum atomic E-state index is -4.61. The Kier molecular flexibility index (Phi) is 8.75. The fourth-order valence-electron chi connectivity index (χ4n) is 3.20. The van der Waals surface area contributed by atoms with Crippen molar-refractivity contribution in [2.75, 3.05) is 27.2 Å². The molecule has 0 aliphatic carbocycles. The smallest absolute Gasteiger partial charge is 0.417 e. The molecule has 0 aromatic heterocycles. The molecule has 0 spiro atoms. The maximum absolute atomic E-state index is 14.3. The van der Waals surface area contributed by atoms with E-state index >= 15 is 0 Å². The zero-order chi connectivity index (χ0) is 22.4. The number of rotatable bonds is 7. The summed E-state index contributed by atoms with van der Waals surface area (Å²) in [7, 11) is 3.87. The van der Waals surface area contributed by atoms with Crippen molar-refractivity contribution < 1.29 is 23.0 Å². The van der Waals surface area contributed by atoms with Gasteiger partial charge in [0.1, 0.15) is 18.1 Å². The second kappa shape index (κ2) is 11.1. The monoisotopic (exact) mass is 463 g/mol. The number of phenols is 1. The summed E-state index contributed by atoms with van der Waals surface area (Å²) in [4.78, 5) is 1.98. The fourth-order valence-corrected chi connectivity index (χ4v) is 3.20. The van der Waals surface area contributed by atoms with Gasteiger partial charge in [-0.1, -0.05) is 54.6 Å². The van der Waals surface area contributed by atoms with Gasteiger partial charge in [0.25, 0.3) is 0 Å². The van der Waals surface area contributed by atoms with E-state index < -0.39 is 11.7 Å². The molecule has 3 nitrogen and oxygen atoms in total. The van der Waals surface area contributed by atoms with Gasteiger partial charge in [0.2, 0.25) is 0 Å².